The highest BCUT2D eigenvalue weighted by Crippen LogP contribution is 2.52. The topological polar surface area (TPSA) is 77.8 Å². The van der Waals surface area contributed by atoms with Gasteiger partial charge in [-0.25, -0.2) is 0 Å². The lowest BCUT2D eigenvalue weighted by Crippen LogP contribution is -2.49. The molecule has 5 nitrogen and oxygen atoms in total. The molecule has 0 rings (SSSR count). The molecule has 0 bridgehead atoms. The van der Waals surface area contributed by atoms with Crippen molar-refractivity contribution in [2.24, 2.45) is 0 Å². The van der Waals surface area contributed by atoms with Crippen LogP contribution in [0.5, 0.6) is 0 Å². The fourth-order valence-corrected chi connectivity index (χ4v) is 5.44. The molecule has 0 aromatic carbocycles. The molecule has 0 radical (unpaired) electrons. The van der Waals surface area contributed by atoms with Gasteiger partial charge >= 0.3 is 7.60 Å². The van der Waals surface area contributed by atoms with E-state index in [0.717, 1.165) is 32.1 Å². The number of unbranched alkanes of at least 4 members (excludes halogenated alkanes) is 14. The Morgan fingerprint density at radius 1 is 0.647 bits per heavy atom. The number of nitrogens with zero attached hydrogens (tertiary/aromatic N) is 1. The molecule has 6 heteroatoms. The van der Waals surface area contributed by atoms with E-state index in [1.807, 2.05) is 21.1 Å². The molecule has 3 N–H and O–H groups in total. The number of rotatable bonds is 23. The van der Waals surface area contributed by atoms with Crippen LogP contribution in [0.15, 0.2) is 24.3 Å². The van der Waals surface area contributed by atoms with E-state index in [-0.39, 0.29) is 13.0 Å². The van der Waals surface area contributed by atoms with Gasteiger partial charge in [0.2, 0.25) is 5.34 Å². The number of hydrogen-bond acceptors (Lipinski definition) is 2. The van der Waals surface area contributed by atoms with Crippen LogP contribution >= 0.6 is 7.60 Å². The van der Waals surface area contributed by atoms with Gasteiger partial charge in [0.15, 0.2) is 0 Å². The fraction of sp³-hybridized carbons (Fsp3) is 0.857. The van der Waals surface area contributed by atoms with Crippen LogP contribution in [0.1, 0.15) is 122 Å². The quantitative estimate of drug-likeness (QED) is 0.0578. The minimum Gasteiger partial charge on any atom is -0.373 e. The summed E-state index contributed by atoms with van der Waals surface area (Å²) in [6.07, 6.45) is 29.9. The van der Waals surface area contributed by atoms with E-state index in [0.29, 0.717) is 10.9 Å². The van der Waals surface area contributed by atoms with Crippen molar-refractivity contribution >= 4 is 7.60 Å². The Kier molecular flexibility index (Phi) is 19.4. The predicted molar refractivity (Wildman–Crippen MR) is 147 cm³/mol. The second-order valence-corrected chi connectivity index (χ2v) is 13.0. The monoisotopic (exact) mass is 502 g/mol. The Morgan fingerprint density at radius 2 is 1.00 bits per heavy atom. The predicted octanol–water partition coefficient (Wildman–Crippen LogP) is 7.71. The molecule has 0 aliphatic heterocycles. The maximum Gasteiger partial charge on any atom is 0.362 e. The first-order valence-corrected chi connectivity index (χ1v) is 15.5. The van der Waals surface area contributed by atoms with E-state index in [9.17, 15) is 19.5 Å². The zero-order chi connectivity index (χ0) is 25.8. The van der Waals surface area contributed by atoms with Crippen LogP contribution in [0.4, 0.5) is 0 Å². The van der Waals surface area contributed by atoms with E-state index >= 15 is 0 Å². The molecule has 0 saturated heterocycles. The van der Waals surface area contributed by atoms with Gasteiger partial charge in [0.1, 0.15) is 6.54 Å². The van der Waals surface area contributed by atoms with Crippen molar-refractivity contribution in [2.45, 2.75) is 128 Å². The van der Waals surface area contributed by atoms with Crippen molar-refractivity contribution in [2.75, 3.05) is 27.7 Å². The molecule has 0 aromatic rings. The third-order valence-electron chi connectivity index (χ3n) is 6.28. The molecule has 0 spiro atoms. The molecule has 1 unspecified atom stereocenters. The molecule has 34 heavy (non-hydrogen) atoms. The summed E-state index contributed by atoms with van der Waals surface area (Å²) in [4.78, 5) is 19.2. The van der Waals surface area contributed by atoms with Crippen LogP contribution < -0.4 is 0 Å². The average Bonchev–Trinajstić information content (AvgIpc) is 2.73. The molecule has 0 heterocycles. The summed E-state index contributed by atoms with van der Waals surface area (Å²) in [5, 5.41) is 8.64. The summed E-state index contributed by atoms with van der Waals surface area (Å²) in [6, 6.07) is 0. The van der Waals surface area contributed by atoms with Gasteiger partial charge in [-0.3, -0.25) is 4.57 Å². The van der Waals surface area contributed by atoms with Gasteiger partial charge in [-0.2, -0.15) is 0 Å². The van der Waals surface area contributed by atoms with Crippen LogP contribution in [-0.2, 0) is 4.57 Å². The fourth-order valence-electron chi connectivity index (χ4n) is 4.38. The van der Waals surface area contributed by atoms with Gasteiger partial charge in [0, 0.05) is 0 Å². The van der Waals surface area contributed by atoms with Gasteiger partial charge in [0.25, 0.3) is 0 Å². The lowest BCUT2D eigenvalue weighted by molar-refractivity contribution is -0.875. The van der Waals surface area contributed by atoms with Crippen LogP contribution in [0.25, 0.3) is 0 Å². The maximum absolute atomic E-state index is 11.8. The molecule has 0 aromatic heterocycles. The van der Waals surface area contributed by atoms with E-state index in [4.69, 9.17) is 0 Å². The summed E-state index contributed by atoms with van der Waals surface area (Å²) < 4.78 is 12.1. The normalized spacial score (nSPS) is 14.9. The van der Waals surface area contributed by atoms with E-state index < -0.39 is 12.9 Å². The third-order valence-corrected chi connectivity index (χ3v) is 7.73. The Bertz CT molecular complexity index is 579. The highest BCUT2D eigenvalue weighted by atomic mass is 31.2. The van der Waals surface area contributed by atoms with Crippen LogP contribution in [0.3, 0.4) is 0 Å². The summed E-state index contributed by atoms with van der Waals surface area (Å²) >= 11 is 0. The maximum atomic E-state index is 11.8. The summed E-state index contributed by atoms with van der Waals surface area (Å²) in [5.74, 6) is 0. The Hall–Kier alpha value is -0.450. The largest absolute Gasteiger partial charge is 0.373 e. The van der Waals surface area contributed by atoms with Gasteiger partial charge in [0.05, 0.1) is 21.1 Å². The summed E-state index contributed by atoms with van der Waals surface area (Å²) in [7, 11) is 0.966. The Balaban J connectivity index is 3.58. The Labute approximate surface area is 211 Å². The molecular weight excluding hydrogens is 445 g/mol. The lowest BCUT2D eigenvalue weighted by Gasteiger charge is -2.35. The summed E-state index contributed by atoms with van der Waals surface area (Å²) in [5.41, 5.74) is 0. The molecular formula is C28H57NO4P+. The first-order valence-electron chi connectivity index (χ1n) is 13.9. The van der Waals surface area contributed by atoms with Crippen LogP contribution in [0.2, 0.25) is 0 Å². The summed E-state index contributed by atoms with van der Waals surface area (Å²) in [6.45, 7) is 2.25. The van der Waals surface area contributed by atoms with Crippen molar-refractivity contribution in [1.29, 1.82) is 0 Å². The van der Waals surface area contributed by atoms with E-state index in [2.05, 4.69) is 31.2 Å². The number of aliphatic hydroxyl groups is 1. The highest BCUT2D eigenvalue weighted by Gasteiger charge is 2.48. The van der Waals surface area contributed by atoms with Gasteiger partial charge in [-0.05, 0) is 57.8 Å². The standard InChI is InChI=1S/C28H56NO4P/c1-5-6-7-8-9-10-11-12-13-14-15-16-17-18-19-20-21-22-23-24-25-26-28(30,34(31,32)33)27-29(2,3)4/h6-7,17-18,30H,5,8-16,19-27H2,1-4H3,(H-,31,32,33)/p+1/b7-6-,18-17-. The second kappa shape index (κ2) is 19.7. The van der Waals surface area contributed by atoms with Crippen molar-refractivity contribution in [3.05, 3.63) is 24.3 Å². The second-order valence-electron chi connectivity index (χ2n) is 11.0. The molecule has 0 fully saturated rings. The van der Waals surface area contributed by atoms with E-state index in [1.54, 1.807) is 0 Å². The first kappa shape index (κ1) is 33.5. The van der Waals surface area contributed by atoms with Crippen LogP contribution in [-0.4, -0.2) is 52.4 Å². The average molecular weight is 503 g/mol. The molecule has 0 aliphatic carbocycles. The van der Waals surface area contributed by atoms with Gasteiger partial charge in [-0.1, -0.05) is 89.0 Å². The highest BCUT2D eigenvalue weighted by molar-refractivity contribution is 7.53. The van der Waals surface area contributed by atoms with Gasteiger partial charge < -0.3 is 19.4 Å². The van der Waals surface area contributed by atoms with E-state index in [1.165, 1.54) is 70.6 Å². The molecule has 1 atom stereocenters. The van der Waals surface area contributed by atoms with Crippen LogP contribution in [0, 0.1) is 0 Å². The molecule has 0 aliphatic rings. The number of allylic oxidation sites excluding steroid dienone is 4. The number of quaternary nitrogens is 1. The number of hydrogen-bond donors (Lipinski definition) is 3. The van der Waals surface area contributed by atoms with Crippen molar-refractivity contribution in [3.63, 3.8) is 0 Å². The minimum absolute atomic E-state index is 0.0564. The first-order chi connectivity index (χ1) is 16.0. The van der Waals surface area contributed by atoms with Crippen molar-refractivity contribution < 1.29 is 23.9 Å². The SMILES string of the molecule is CC/C=C\CCCCCCCCC/C=C\CCCCCCCCC(O)(C[N+](C)(C)C)P(=O)(O)O. The lowest BCUT2D eigenvalue weighted by atomic mass is 10.0. The third kappa shape index (κ3) is 19.8. The Morgan fingerprint density at radius 3 is 1.35 bits per heavy atom. The molecule has 0 saturated carbocycles. The van der Waals surface area contributed by atoms with Crippen molar-refractivity contribution in [3.8, 4) is 0 Å². The van der Waals surface area contributed by atoms with Gasteiger partial charge in [-0.15, -0.1) is 0 Å². The molecule has 202 valence electrons. The smallest absolute Gasteiger partial charge is 0.362 e. The zero-order valence-corrected chi connectivity index (χ0v) is 23.8. The minimum atomic E-state index is -4.55. The molecule has 0 amide bonds. The zero-order valence-electron chi connectivity index (χ0n) is 22.9. The number of likely N-dealkylation sites (N-methyl/N-ethyl adjacent to an activating group) is 1. The van der Waals surface area contributed by atoms with Crippen molar-refractivity contribution in [1.82, 2.24) is 0 Å².